The minimum atomic E-state index is 0.0691. The van der Waals surface area contributed by atoms with Gasteiger partial charge in [-0.15, -0.1) is 0 Å². The topological polar surface area (TPSA) is 80.3 Å². The Balaban J connectivity index is 1.33. The fraction of sp³-hybridized carbons (Fsp3) is 0.368. The molecule has 0 spiro atoms. The van der Waals surface area contributed by atoms with Crippen LogP contribution in [0.4, 0.5) is 0 Å². The highest BCUT2D eigenvalue weighted by atomic mass is 16.5. The molecule has 1 aromatic carbocycles. The van der Waals surface area contributed by atoms with Crippen molar-refractivity contribution in [2.24, 2.45) is 0 Å². The molecule has 1 fully saturated rings. The molecule has 0 atom stereocenters. The number of piperazine rings is 1. The molecule has 0 N–H and O–H groups in total. The summed E-state index contributed by atoms with van der Waals surface area (Å²) in [4.78, 5) is 25.3. The lowest BCUT2D eigenvalue weighted by Gasteiger charge is -2.34. The lowest BCUT2D eigenvalue weighted by molar-refractivity contribution is 0.0624. The first-order valence-electron chi connectivity index (χ1n) is 9.14. The molecule has 27 heavy (non-hydrogen) atoms. The van der Waals surface area contributed by atoms with Crippen molar-refractivity contribution in [3.05, 3.63) is 60.3 Å². The zero-order valence-electron chi connectivity index (χ0n) is 15.3. The van der Waals surface area contributed by atoms with E-state index in [0.717, 1.165) is 25.2 Å². The third kappa shape index (κ3) is 3.90. The summed E-state index contributed by atoms with van der Waals surface area (Å²) >= 11 is 0. The summed E-state index contributed by atoms with van der Waals surface area (Å²) in [5.41, 5.74) is 1.69. The molecule has 1 amide bonds. The number of hydrogen-bond acceptors (Lipinski definition) is 6. The van der Waals surface area contributed by atoms with Gasteiger partial charge in [-0.05, 0) is 24.3 Å². The van der Waals surface area contributed by atoms with Crippen LogP contribution in [0.5, 0.6) is 0 Å². The van der Waals surface area contributed by atoms with Gasteiger partial charge in [0.05, 0.1) is 12.9 Å². The second-order valence-electron chi connectivity index (χ2n) is 6.54. The summed E-state index contributed by atoms with van der Waals surface area (Å²) in [7, 11) is 0. The van der Waals surface area contributed by atoms with Crippen LogP contribution in [0.2, 0.25) is 0 Å². The van der Waals surface area contributed by atoms with E-state index < -0.39 is 0 Å². The average Bonchev–Trinajstić information content (AvgIpc) is 3.40. The fourth-order valence-electron chi connectivity index (χ4n) is 3.18. The average molecular weight is 366 g/mol. The van der Waals surface area contributed by atoms with Gasteiger partial charge in [0, 0.05) is 56.2 Å². The number of nitrogens with zero attached hydrogens (tertiary/aromatic N) is 6. The summed E-state index contributed by atoms with van der Waals surface area (Å²) in [6, 6.07) is 7.62. The van der Waals surface area contributed by atoms with Gasteiger partial charge in [-0.25, -0.2) is 4.98 Å². The van der Waals surface area contributed by atoms with Crippen LogP contribution in [-0.2, 0) is 13.0 Å². The zero-order chi connectivity index (χ0) is 18.6. The minimum Gasteiger partial charge on any atom is -0.339 e. The van der Waals surface area contributed by atoms with Crippen LogP contribution in [0.25, 0.3) is 5.69 Å². The molecule has 2 aromatic heterocycles. The monoisotopic (exact) mass is 366 g/mol. The number of benzene rings is 1. The summed E-state index contributed by atoms with van der Waals surface area (Å²) < 4.78 is 7.06. The minimum absolute atomic E-state index is 0.0691. The Hall–Kier alpha value is -3.00. The van der Waals surface area contributed by atoms with E-state index in [9.17, 15) is 4.79 Å². The van der Waals surface area contributed by atoms with Gasteiger partial charge in [-0.1, -0.05) is 12.1 Å². The Morgan fingerprint density at radius 2 is 1.93 bits per heavy atom. The van der Waals surface area contributed by atoms with Crippen molar-refractivity contribution in [2.45, 2.75) is 19.9 Å². The lowest BCUT2D eigenvalue weighted by atomic mass is 10.1. The Bertz CT molecular complexity index is 879. The Labute approximate surface area is 157 Å². The summed E-state index contributed by atoms with van der Waals surface area (Å²) in [6.45, 7) is 5.64. The van der Waals surface area contributed by atoms with Crippen LogP contribution in [-0.4, -0.2) is 61.6 Å². The predicted octanol–water partition coefficient (Wildman–Crippen LogP) is 1.78. The van der Waals surface area contributed by atoms with Crippen molar-refractivity contribution in [1.29, 1.82) is 0 Å². The van der Waals surface area contributed by atoms with E-state index in [2.05, 4.69) is 20.0 Å². The van der Waals surface area contributed by atoms with E-state index in [1.165, 1.54) is 0 Å². The molecule has 3 aromatic rings. The van der Waals surface area contributed by atoms with Crippen molar-refractivity contribution < 1.29 is 9.32 Å². The maximum absolute atomic E-state index is 12.8. The predicted molar refractivity (Wildman–Crippen MR) is 98.4 cm³/mol. The highest BCUT2D eigenvalue weighted by Gasteiger charge is 2.23. The molecule has 1 saturated heterocycles. The summed E-state index contributed by atoms with van der Waals surface area (Å²) in [5.74, 6) is 1.44. The van der Waals surface area contributed by atoms with Crippen molar-refractivity contribution in [1.82, 2.24) is 29.5 Å². The van der Waals surface area contributed by atoms with Crippen molar-refractivity contribution >= 4 is 5.91 Å². The number of aryl methyl sites for hydroxylation is 1. The first kappa shape index (κ1) is 17.4. The van der Waals surface area contributed by atoms with Crippen molar-refractivity contribution in [3.8, 4) is 5.69 Å². The molecule has 8 nitrogen and oxygen atoms in total. The van der Waals surface area contributed by atoms with Gasteiger partial charge in [-0.2, -0.15) is 4.98 Å². The van der Waals surface area contributed by atoms with Gasteiger partial charge in [0.1, 0.15) is 0 Å². The first-order chi connectivity index (χ1) is 13.2. The smallest absolute Gasteiger partial charge is 0.253 e. The first-order valence-corrected chi connectivity index (χ1v) is 9.14. The normalized spacial score (nSPS) is 15.2. The molecular formula is C19H22N6O2. The van der Waals surface area contributed by atoms with Gasteiger partial charge >= 0.3 is 0 Å². The van der Waals surface area contributed by atoms with Crippen molar-refractivity contribution in [3.63, 3.8) is 0 Å². The van der Waals surface area contributed by atoms with E-state index in [-0.39, 0.29) is 5.91 Å². The van der Waals surface area contributed by atoms with Gasteiger partial charge < -0.3 is 14.0 Å². The lowest BCUT2D eigenvalue weighted by Crippen LogP contribution is -2.48. The number of aromatic nitrogens is 4. The molecule has 4 rings (SSSR count). The van der Waals surface area contributed by atoms with Gasteiger partial charge in [0.15, 0.2) is 5.82 Å². The number of rotatable bonds is 5. The molecular weight excluding hydrogens is 344 g/mol. The van der Waals surface area contributed by atoms with Crippen LogP contribution in [0.15, 0.2) is 47.5 Å². The molecule has 0 saturated carbocycles. The number of amides is 1. The van der Waals surface area contributed by atoms with E-state index in [0.29, 0.717) is 36.9 Å². The third-order valence-corrected chi connectivity index (χ3v) is 4.75. The maximum Gasteiger partial charge on any atom is 0.253 e. The number of imidazole rings is 1. The number of carbonyl (C=O) groups is 1. The molecule has 3 heterocycles. The van der Waals surface area contributed by atoms with Crippen LogP contribution in [0.1, 0.15) is 29.0 Å². The largest absolute Gasteiger partial charge is 0.339 e. The van der Waals surface area contributed by atoms with E-state index in [1.807, 2.05) is 46.9 Å². The van der Waals surface area contributed by atoms with Crippen LogP contribution in [0.3, 0.4) is 0 Å². The molecule has 0 aliphatic carbocycles. The molecule has 0 radical (unpaired) electrons. The highest BCUT2D eigenvalue weighted by molar-refractivity contribution is 5.94. The Kier molecular flexibility index (Phi) is 4.97. The van der Waals surface area contributed by atoms with Crippen LogP contribution < -0.4 is 0 Å². The standard InChI is InChI=1S/C19H22N6O2/c1-2-18-21-17(22-27-18)13-23-9-11-24(12-10-23)19(26)15-3-5-16(6-4-15)25-8-7-20-14-25/h3-8,14H,2,9-13H2,1H3. The molecule has 140 valence electrons. The molecule has 0 bridgehead atoms. The zero-order valence-corrected chi connectivity index (χ0v) is 15.3. The van der Waals surface area contributed by atoms with Crippen molar-refractivity contribution in [2.75, 3.05) is 26.2 Å². The third-order valence-electron chi connectivity index (χ3n) is 4.75. The second-order valence-corrected chi connectivity index (χ2v) is 6.54. The second kappa shape index (κ2) is 7.71. The maximum atomic E-state index is 12.8. The molecule has 8 heteroatoms. The van der Waals surface area contributed by atoms with Gasteiger partial charge in [0.2, 0.25) is 5.89 Å². The Morgan fingerprint density at radius 1 is 1.15 bits per heavy atom. The molecule has 1 aliphatic heterocycles. The molecule has 1 aliphatic rings. The van der Waals surface area contributed by atoms with E-state index in [4.69, 9.17) is 4.52 Å². The summed E-state index contributed by atoms with van der Waals surface area (Å²) in [6.07, 6.45) is 6.09. The van der Waals surface area contributed by atoms with Crippen LogP contribution >= 0.6 is 0 Å². The van der Waals surface area contributed by atoms with Gasteiger partial charge in [-0.3, -0.25) is 9.69 Å². The number of hydrogen-bond donors (Lipinski definition) is 0. The molecule has 0 unspecified atom stereocenters. The fourth-order valence-corrected chi connectivity index (χ4v) is 3.18. The van der Waals surface area contributed by atoms with E-state index in [1.54, 1.807) is 12.5 Å². The number of carbonyl (C=O) groups excluding carboxylic acids is 1. The summed E-state index contributed by atoms with van der Waals surface area (Å²) in [5, 5.41) is 4.00. The van der Waals surface area contributed by atoms with Gasteiger partial charge in [0.25, 0.3) is 5.91 Å². The van der Waals surface area contributed by atoms with E-state index >= 15 is 0 Å². The highest BCUT2D eigenvalue weighted by Crippen LogP contribution is 2.14. The van der Waals surface area contributed by atoms with Crippen LogP contribution in [0, 0.1) is 0 Å². The quantitative estimate of drug-likeness (QED) is 0.685. The Morgan fingerprint density at radius 3 is 2.56 bits per heavy atom. The SMILES string of the molecule is CCc1nc(CN2CCN(C(=O)c3ccc(-n4ccnc4)cc3)CC2)no1.